The van der Waals surface area contributed by atoms with Crippen molar-refractivity contribution in [3.8, 4) is 0 Å². The number of carbonyl (C=O) groups excluding carboxylic acids is 2. The van der Waals surface area contributed by atoms with E-state index in [2.05, 4.69) is 5.32 Å². The van der Waals surface area contributed by atoms with Crippen molar-refractivity contribution in [3.05, 3.63) is 35.4 Å². The Balaban J connectivity index is 1.88. The van der Waals surface area contributed by atoms with E-state index in [4.69, 9.17) is 5.11 Å². The SMILES string of the molecule is CCN(CCC(=O)O)C(=O)c1ccc(CNC(=O)C2CCCC2)cc1. The first kappa shape index (κ1) is 19.0. The normalized spacial score (nSPS) is 14.3. The Morgan fingerprint density at radius 3 is 2.36 bits per heavy atom. The fourth-order valence-corrected chi connectivity index (χ4v) is 3.10. The number of benzene rings is 1. The number of carbonyl (C=O) groups is 3. The summed E-state index contributed by atoms with van der Waals surface area (Å²) in [5.74, 6) is -0.832. The third-order valence-corrected chi connectivity index (χ3v) is 4.66. The van der Waals surface area contributed by atoms with Crippen molar-refractivity contribution in [1.82, 2.24) is 10.2 Å². The molecule has 1 aromatic rings. The molecule has 1 saturated carbocycles. The first-order valence-electron chi connectivity index (χ1n) is 8.89. The number of carboxylic acids is 1. The van der Waals surface area contributed by atoms with Crippen LogP contribution in [0.25, 0.3) is 0 Å². The maximum absolute atomic E-state index is 12.4. The largest absolute Gasteiger partial charge is 0.481 e. The molecule has 1 aliphatic rings. The summed E-state index contributed by atoms with van der Waals surface area (Å²) in [5.41, 5.74) is 1.47. The number of nitrogens with zero attached hydrogens (tertiary/aromatic N) is 1. The Bertz CT molecular complexity index is 606. The number of amides is 2. The molecule has 0 radical (unpaired) electrons. The van der Waals surface area contributed by atoms with E-state index in [1.54, 1.807) is 12.1 Å². The molecule has 2 amide bonds. The monoisotopic (exact) mass is 346 g/mol. The molecule has 6 nitrogen and oxygen atoms in total. The lowest BCUT2D eigenvalue weighted by Gasteiger charge is -2.20. The van der Waals surface area contributed by atoms with Crippen LogP contribution in [-0.2, 0) is 16.1 Å². The molecule has 1 aliphatic carbocycles. The molecule has 1 aromatic carbocycles. The van der Waals surface area contributed by atoms with Crippen molar-refractivity contribution < 1.29 is 19.5 Å². The van der Waals surface area contributed by atoms with Gasteiger partial charge < -0.3 is 15.3 Å². The van der Waals surface area contributed by atoms with Crippen LogP contribution < -0.4 is 5.32 Å². The zero-order chi connectivity index (χ0) is 18.2. The van der Waals surface area contributed by atoms with Gasteiger partial charge in [-0.1, -0.05) is 25.0 Å². The van der Waals surface area contributed by atoms with Gasteiger partial charge in [0, 0.05) is 31.1 Å². The highest BCUT2D eigenvalue weighted by Gasteiger charge is 2.22. The fourth-order valence-electron chi connectivity index (χ4n) is 3.10. The molecule has 0 spiro atoms. The molecule has 0 heterocycles. The third kappa shape index (κ3) is 5.59. The van der Waals surface area contributed by atoms with E-state index in [9.17, 15) is 14.4 Å². The minimum atomic E-state index is -0.917. The summed E-state index contributed by atoms with van der Waals surface area (Å²) in [7, 11) is 0. The predicted octanol–water partition coefficient (Wildman–Crippen LogP) is 2.43. The van der Waals surface area contributed by atoms with Crippen molar-refractivity contribution in [1.29, 1.82) is 0 Å². The lowest BCUT2D eigenvalue weighted by atomic mass is 10.1. The third-order valence-electron chi connectivity index (χ3n) is 4.66. The molecule has 0 aromatic heterocycles. The van der Waals surface area contributed by atoms with E-state index in [0.717, 1.165) is 31.2 Å². The van der Waals surface area contributed by atoms with Gasteiger partial charge in [-0.2, -0.15) is 0 Å². The van der Waals surface area contributed by atoms with Crippen molar-refractivity contribution in [3.63, 3.8) is 0 Å². The van der Waals surface area contributed by atoms with Gasteiger partial charge in [0.2, 0.25) is 5.91 Å². The molecular formula is C19H26N2O4. The molecular weight excluding hydrogens is 320 g/mol. The highest BCUT2D eigenvalue weighted by Crippen LogP contribution is 2.24. The number of nitrogens with one attached hydrogen (secondary N) is 1. The van der Waals surface area contributed by atoms with Crippen molar-refractivity contribution >= 4 is 17.8 Å². The summed E-state index contributed by atoms with van der Waals surface area (Å²) in [6.07, 6.45) is 4.14. The lowest BCUT2D eigenvalue weighted by Crippen LogP contribution is -2.32. The van der Waals surface area contributed by atoms with Crippen LogP contribution in [0.3, 0.4) is 0 Å². The number of carboxylic acid groups (broad SMARTS) is 1. The van der Waals surface area contributed by atoms with Crippen LogP contribution in [0.15, 0.2) is 24.3 Å². The molecule has 1 fully saturated rings. The van der Waals surface area contributed by atoms with E-state index < -0.39 is 5.97 Å². The molecule has 136 valence electrons. The van der Waals surface area contributed by atoms with Crippen molar-refractivity contribution in [2.24, 2.45) is 5.92 Å². The van der Waals surface area contributed by atoms with E-state index in [1.165, 1.54) is 4.90 Å². The molecule has 0 saturated heterocycles. The summed E-state index contributed by atoms with van der Waals surface area (Å²) >= 11 is 0. The summed E-state index contributed by atoms with van der Waals surface area (Å²) in [6, 6.07) is 7.10. The van der Waals surface area contributed by atoms with E-state index in [-0.39, 0.29) is 30.7 Å². The van der Waals surface area contributed by atoms with E-state index in [1.807, 2.05) is 19.1 Å². The standard InChI is InChI=1S/C19H26N2O4/c1-2-21(12-11-17(22)23)19(25)16-9-7-14(8-10-16)13-20-18(24)15-5-3-4-6-15/h7-10,15H,2-6,11-13H2,1H3,(H,20,24)(H,22,23). The second kappa shape index (κ2) is 9.20. The van der Waals surface area contributed by atoms with Gasteiger partial charge in [-0.05, 0) is 37.5 Å². The van der Waals surface area contributed by atoms with Gasteiger partial charge in [0.1, 0.15) is 0 Å². The zero-order valence-corrected chi connectivity index (χ0v) is 14.7. The Morgan fingerprint density at radius 1 is 1.16 bits per heavy atom. The fraction of sp³-hybridized carbons (Fsp3) is 0.526. The maximum atomic E-state index is 12.4. The second-order valence-corrected chi connectivity index (χ2v) is 6.42. The van der Waals surface area contributed by atoms with Gasteiger partial charge in [0.25, 0.3) is 5.91 Å². The highest BCUT2D eigenvalue weighted by atomic mass is 16.4. The maximum Gasteiger partial charge on any atom is 0.305 e. The van der Waals surface area contributed by atoms with Gasteiger partial charge in [-0.3, -0.25) is 14.4 Å². The smallest absolute Gasteiger partial charge is 0.305 e. The molecule has 0 unspecified atom stereocenters. The summed E-state index contributed by atoms with van der Waals surface area (Å²) < 4.78 is 0. The molecule has 2 N–H and O–H groups in total. The molecule has 6 heteroatoms. The van der Waals surface area contributed by atoms with Gasteiger partial charge in [-0.15, -0.1) is 0 Å². The van der Waals surface area contributed by atoms with E-state index >= 15 is 0 Å². The Morgan fingerprint density at radius 2 is 1.80 bits per heavy atom. The van der Waals surface area contributed by atoms with Crippen LogP contribution in [-0.4, -0.2) is 40.9 Å². The predicted molar refractivity (Wildman–Crippen MR) is 94.1 cm³/mol. The number of hydrogen-bond acceptors (Lipinski definition) is 3. The van der Waals surface area contributed by atoms with Crippen molar-refractivity contribution in [2.45, 2.75) is 45.6 Å². The van der Waals surface area contributed by atoms with Crippen LogP contribution in [0.4, 0.5) is 0 Å². The Labute approximate surface area is 148 Å². The topological polar surface area (TPSA) is 86.7 Å². The summed E-state index contributed by atoms with van der Waals surface area (Å²) in [6.45, 7) is 2.95. The van der Waals surface area contributed by atoms with Gasteiger partial charge >= 0.3 is 5.97 Å². The summed E-state index contributed by atoms with van der Waals surface area (Å²) in [4.78, 5) is 36.6. The summed E-state index contributed by atoms with van der Waals surface area (Å²) in [5, 5.41) is 11.7. The van der Waals surface area contributed by atoms with Crippen LogP contribution in [0.2, 0.25) is 0 Å². The van der Waals surface area contributed by atoms with Crippen LogP contribution >= 0.6 is 0 Å². The second-order valence-electron chi connectivity index (χ2n) is 6.42. The minimum Gasteiger partial charge on any atom is -0.481 e. The quantitative estimate of drug-likeness (QED) is 0.757. The van der Waals surface area contributed by atoms with Crippen molar-refractivity contribution in [2.75, 3.05) is 13.1 Å². The average Bonchev–Trinajstić information content (AvgIpc) is 3.15. The highest BCUT2D eigenvalue weighted by molar-refractivity contribution is 5.94. The number of rotatable bonds is 8. The van der Waals surface area contributed by atoms with Crippen LogP contribution in [0.1, 0.15) is 54.9 Å². The first-order chi connectivity index (χ1) is 12.0. The van der Waals surface area contributed by atoms with Crippen LogP contribution in [0, 0.1) is 5.92 Å². The van der Waals surface area contributed by atoms with Gasteiger partial charge in [0.05, 0.1) is 6.42 Å². The Hall–Kier alpha value is -2.37. The van der Waals surface area contributed by atoms with Gasteiger partial charge in [-0.25, -0.2) is 0 Å². The van der Waals surface area contributed by atoms with Gasteiger partial charge in [0.15, 0.2) is 0 Å². The molecule has 25 heavy (non-hydrogen) atoms. The Kier molecular flexibility index (Phi) is 6.98. The van der Waals surface area contributed by atoms with Crippen LogP contribution in [0.5, 0.6) is 0 Å². The lowest BCUT2D eigenvalue weighted by molar-refractivity contribution is -0.137. The average molecular weight is 346 g/mol. The first-order valence-corrected chi connectivity index (χ1v) is 8.89. The number of aliphatic carboxylic acids is 1. The molecule has 2 rings (SSSR count). The van der Waals surface area contributed by atoms with E-state index in [0.29, 0.717) is 18.7 Å². The molecule has 0 aliphatic heterocycles. The minimum absolute atomic E-state index is 0.0646. The molecule has 0 bridgehead atoms. The molecule has 0 atom stereocenters. The number of hydrogen-bond donors (Lipinski definition) is 2. The zero-order valence-electron chi connectivity index (χ0n) is 14.7.